The van der Waals surface area contributed by atoms with Crippen LogP contribution >= 0.6 is 0 Å². The van der Waals surface area contributed by atoms with Gasteiger partial charge in [0.2, 0.25) is 0 Å². The summed E-state index contributed by atoms with van der Waals surface area (Å²) in [6.07, 6.45) is 76.8. The number of carbonyl (C=O) groups excluding carboxylic acids is 3. The molecule has 0 saturated carbocycles. The molecule has 0 aromatic rings. The van der Waals surface area contributed by atoms with Gasteiger partial charge >= 0.3 is 17.9 Å². The predicted octanol–water partition coefficient (Wildman–Crippen LogP) is 19.7. The maximum atomic E-state index is 12.8. The number of carbonyl (C=O) groups is 3. The highest BCUT2D eigenvalue weighted by molar-refractivity contribution is 5.71. The van der Waals surface area contributed by atoms with Crippen LogP contribution in [0.5, 0.6) is 0 Å². The quantitative estimate of drug-likeness (QED) is 0.0262. The fourth-order valence-corrected chi connectivity index (χ4v) is 7.95. The molecule has 0 spiro atoms. The van der Waals surface area contributed by atoms with Gasteiger partial charge in [0.25, 0.3) is 0 Å². The molecule has 1 atom stereocenters. The molecule has 6 heteroatoms. The number of esters is 3. The van der Waals surface area contributed by atoms with Crippen LogP contribution in [0.15, 0.2) is 97.2 Å². The van der Waals surface area contributed by atoms with Crippen molar-refractivity contribution in [3.05, 3.63) is 97.2 Å². The summed E-state index contributed by atoms with van der Waals surface area (Å²) in [6, 6.07) is 0. The molecule has 0 fully saturated rings. The first-order valence-electron chi connectivity index (χ1n) is 29.2. The highest BCUT2D eigenvalue weighted by atomic mass is 16.6. The van der Waals surface area contributed by atoms with E-state index in [0.29, 0.717) is 19.3 Å². The van der Waals surface area contributed by atoms with Gasteiger partial charge in [-0.05, 0) is 103 Å². The van der Waals surface area contributed by atoms with Crippen LogP contribution in [-0.2, 0) is 28.6 Å². The lowest BCUT2D eigenvalue weighted by atomic mass is 10.0. The van der Waals surface area contributed by atoms with Crippen molar-refractivity contribution in [2.75, 3.05) is 13.2 Å². The van der Waals surface area contributed by atoms with Crippen molar-refractivity contribution in [2.24, 2.45) is 0 Å². The summed E-state index contributed by atoms with van der Waals surface area (Å²) < 4.78 is 16.8. The molecule has 0 aliphatic rings. The molecule has 0 heterocycles. The average Bonchev–Trinajstić information content (AvgIpc) is 3.36. The van der Waals surface area contributed by atoms with Gasteiger partial charge in [-0.15, -0.1) is 0 Å². The van der Waals surface area contributed by atoms with E-state index in [0.717, 1.165) is 116 Å². The second-order valence-corrected chi connectivity index (χ2v) is 19.2. The first-order valence-corrected chi connectivity index (χ1v) is 29.2. The molecular formula is C64H108O6. The highest BCUT2D eigenvalue weighted by Crippen LogP contribution is 2.15. The fourth-order valence-electron chi connectivity index (χ4n) is 7.95. The zero-order valence-electron chi connectivity index (χ0n) is 45.8. The van der Waals surface area contributed by atoms with Crippen molar-refractivity contribution in [1.29, 1.82) is 0 Å². The number of hydrogen-bond donors (Lipinski definition) is 0. The van der Waals surface area contributed by atoms with Crippen LogP contribution in [0.2, 0.25) is 0 Å². The topological polar surface area (TPSA) is 78.9 Å². The summed E-state index contributed by atoms with van der Waals surface area (Å²) in [5, 5.41) is 0. The molecule has 0 rings (SSSR count). The molecule has 1 unspecified atom stereocenters. The zero-order chi connectivity index (χ0) is 50.7. The fraction of sp³-hybridized carbons (Fsp3) is 0.703. The lowest BCUT2D eigenvalue weighted by molar-refractivity contribution is -0.167. The Morgan fingerprint density at radius 2 is 0.557 bits per heavy atom. The number of hydrogen-bond acceptors (Lipinski definition) is 6. The van der Waals surface area contributed by atoms with Gasteiger partial charge in [-0.3, -0.25) is 14.4 Å². The van der Waals surface area contributed by atoms with Crippen LogP contribution in [0.4, 0.5) is 0 Å². The lowest BCUT2D eigenvalue weighted by Crippen LogP contribution is -2.30. The maximum absolute atomic E-state index is 12.8. The van der Waals surface area contributed by atoms with Crippen LogP contribution in [-0.4, -0.2) is 37.2 Å². The average molecular weight is 974 g/mol. The third-order valence-corrected chi connectivity index (χ3v) is 12.3. The Balaban J connectivity index is 4.40. The lowest BCUT2D eigenvalue weighted by Gasteiger charge is -2.18. The Morgan fingerprint density at radius 3 is 0.914 bits per heavy atom. The predicted molar refractivity (Wildman–Crippen MR) is 302 cm³/mol. The van der Waals surface area contributed by atoms with Crippen molar-refractivity contribution in [3.8, 4) is 0 Å². The molecular weight excluding hydrogens is 865 g/mol. The van der Waals surface area contributed by atoms with Crippen LogP contribution in [0.25, 0.3) is 0 Å². The largest absolute Gasteiger partial charge is 0.462 e. The van der Waals surface area contributed by atoms with Crippen molar-refractivity contribution >= 4 is 17.9 Å². The Labute approximate surface area is 432 Å². The molecule has 0 N–H and O–H groups in total. The van der Waals surface area contributed by atoms with Gasteiger partial charge in [0.05, 0.1) is 0 Å². The molecule has 70 heavy (non-hydrogen) atoms. The minimum absolute atomic E-state index is 0.0910. The van der Waals surface area contributed by atoms with E-state index in [1.165, 1.54) is 116 Å². The monoisotopic (exact) mass is 973 g/mol. The molecule has 0 radical (unpaired) electrons. The number of unbranched alkanes of at least 4 members (excludes halogenated alkanes) is 25. The van der Waals surface area contributed by atoms with E-state index in [9.17, 15) is 14.4 Å². The van der Waals surface area contributed by atoms with Crippen LogP contribution < -0.4 is 0 Å². The van der Waals surface area contributed by atoms with Crippen molar-refractivity contribution < 1.29 is 28.6 Å². The summed E-state index contributed by atoms with van der Waals surface area (Å²) in [7, 11) is 0. The standard InChI is InChI=1S/C64H108O6/c1-4-7-10-13-16-19-22-25-27-28-29-30-31-32-33-34-35-36-37-40-42-45-48-51-54-57-63(66)69-60-61(59-68-62(65)56-53-50-47-44-41-38-24-21-18-15-12-9-6-3)70-64(67)58-55-52-49-46-43-39-26-23-20-17-14-11-8-5-2/h7,10,16,19,21,24-25,27,29-30,32-33,35-36,40,42,61H,4-6,8-9,11-15,17-18,20,22-23,26,28,31,34,37-39,41,43-60H2,1-3H3/b10-7-,19-16-,24-21-,27-25-,30-29-,33-32-,36-35-,42-40-. The summed E-state index contributed by atoms with van der Waals surface area (Å²) in [4.78, 5) is 38.1. The molecule has 0 bridgehead atoms. The number of rotatable bonds is 52. The molecule has 400 valence electrons. The third-order valence-electron chi connectivity index (χ3n) is 12.3. The Hall–Kier alpha value is -3.67. The minimum Gasteiger partial charge on any atom is -0.462 e. The van der Waals surface area contributed by atoms with Gasteiger partial charge in [0.1, 0.15) is 13.2 Å². The van der Waals surface area contributed by atoms with Gasteiger partial charge in [0.15, 0.2) is 6.10 Å². The van der Waals surface area contributed by atoms with Crippen LogP contribution in [0.1, 0.15) is 271 Å². The van der Waals surface area contributed by atoms with Crippen molar-refractivity contribution in [3.63, 3.8) is 0 Å². The smallest absolute Gasteiger partial charge is 0.306 e. The third kappa shape index (κ3) is 55.3. The van der Waals surface area contributed by atoms with Gasteiger partial charge < -0.3 is 14.2 Å². The van der Waals surface area contributed by atoms with E-state index in [1.54, 1.807) is 0 Å². The van der Waals surface area contributed by atoms with E-state index in [1.807, 2.05) is 0 Å². The first kappa shape index (κ1) is 66.3. The normalized spacial score (nSPS) is 12.8. The summed E-state index contributed by atoms with van der Waals surface area (Å²) >= 11 is 0. The first-order chi connectivity index (χ1) is 34.5. The van der Waals surface area contributed by atoms with Gasteiger partial charge in [0, 0.05) is 19.3 Å². The van der Waals surface area contributed by atoms with E-state index < -0.39 is 6.10 Å². The highest BCUT2D eigenvalue weighted by Gasteiger charge is 2.19. The molecule has 0 aromatic carbocycles. The SMILES string of the molecule is CC/C=C\C/C=C\C/C=C\C/C=C\C/C=C\C/C=C\C/C=C\CCCCCC(=O)OCC(COC(=O)CCCCCCC/C=C\CCCCCC)OC(=O)CCCCCCCCCCCCCCCC. The summed E-state index contributed by atoms with van der Waals surface area (Å²) in [5.41, 5.74) is 0. The maximum Gasteiger partial charge on any atom is 0.306 e. The van der Waals surface area contributed by atoms with Gasteiger partial charge in [-0.2, -0.15) is 0 Å². The molecule has 0 saturated heterocycles. The number of allylic oxidation sites excluding steroid dienone is 16. The molecule has 0 aromatic heterocycles. The van der Waals surface area contributed by atoms with E-state index in [-0.39, 0.29) is 31.1 Å². The molecule has 0 aliphatic heterocycles. The summed E-state index contributed by atoms with van der Waals surface area (Å²) in [5.74, 6) is -0.928. The van der Waals surface area contributed by atoms with E-state index in [4.69, 9.17) is 14.2 Å². The molecule has 0 aliphatic carbocycles. The zero-order valence-corrected chi connectivity index (χ0v) is 45.8. The van der Waals surface area contributed by atoms with E-state index in [2.05, 4.69) is 118 Å². The Kier molecular flexibility index (Phi) is 54.9. The number of ether oxygens (including phenoxy) is 3. The van der Waals surface area contributed by atoms with Crippen LogP contribution in [0, 0.1) is 0 Å². The van der Waals surface area contributed by atoms with Gasteiger partial charge in [-0.25, -0.2) is 0 Å². The Bertz CT molecular complexity index is 1400. The van der Waals surface area contributed by atoms with E-state index >= 15 is 0 Å². The minimum atomic E-state index is -0.793. The van der Waals surface area contributed by atoms with Crippen molar-refractivity contribution in [1.82, 2.24) is 0 Å². The molecule has 0 amide bonds. The Morgan fingerprint density at radius 1 is 0.300 bits per heavy atom. The van der Waals surface area contributed by atoms with Crippen molar-refractivity contribution in [2.45, 2.75) is 277 Å². The second kappa shape index (κ2) is 57.9. The van der Waals surface area contributed by atoms with Crippen LogP contribution in [0.3, 0.4) is 0 Å². The molecule has 6 nitrogen and oxygen atoms in total. The summed E-state index contributed by atoms with van der Waals surface area (Å²) in [6.45, 7) is 6.48. The second-order valence-electron chi connectivity index (χ2n) is 19.2. The van der Waals surface area contributed by atoms with Gasteiger partial charge in [-0.1, -0.05) is 246 Å².